The van der Waals surface area contributed by atoms with Crippen LogP contribution >= 0.6 is 22.5 Å². The molecule has 0 spiro atoms. The van der Waals surface area contributed by atoms with E-state index in [2.05, 4.69) is 33.7 Å². The Hall–Kier alpha value is 0.0500. The number of rotatable bonds is 9. The van der Waals surface area contributed by atoms with Crippen LogP contribution in [-0.4, -0.2) is 79.0 Å². The fourth-order valence-corrected chi connectivity index (χ4v) is 3.61. The topological polar surface area (TPSA) is 44.8 Å². The Morgan fingerprint density at radius 1 is 1.21 bits per heavy atom. The van der Waals surface area contributed by atoms with Crippen molar-refractivity contribution < 1.29 is 9.53 Å². The summed E-state index contributed by atoms with van der Waals surface area (Å²) in [6.45, 7) is 13.6. The van der Waals surface area contributed by atoms with Crippen molar-refractivity contribution in [2.24, 2.45) is 5.92 Å². The second kappa shape index (κ2) is 10.3. The van der Waals surface area contributed by atoms with Gasteiger partial charge in [0.05, 0.1) is 12.7 Å². The summed E-state index contributed by atoms with van der Waals surface area (Å²) in [5, 5.41) is 3.66. The maximum absolute atomic E-state index is 11.6. The molecule has 1 amide bonds. The lowest BCUT2D eigenvalue weighted by atomic mass is 9.89. The molecule has 2 fully saturated rings. The van der Waals surface area contributed by atoms with E-state index < -0.39 is 0 Å². The second-order valence-corrected chi connectivity index (χ2v) is 9.03. The lowest BCUT2D eigenvalue weighted by Gasteiger charge is -2.38. The lowest BCUT2D eigenvalue weighted by molar-refractivity contribution is -0.126. The minimum absolute atomic E-state index is 0.0676. The van der Waals surface area contributed by atoms with Crippen molar-refractivity contribution in [1.82, 2.24) is 15.1 Å². The molecule has 140 valence electrons. The van der Waals surface area contributed by atoms with Crippen molar-refractivity contribution in [2.75, 3.05) is 45.9 Å². The molecule has 1 N–H and O–H groups in total. The van der Waals surface area contributed by atoms with Crippen LogP contribution in [0.4, 0.5) is 0 Å². The summed E-state index contributed by atoms with van der Waals surface area (Å²) in [5.74, 6) is 0.222. The van der Waals surface area contributed by atoms with Gasteiger partial charge in [-0.2, -0.15) is 0 Å². The van der Waals surface area contributed by atoms with Crippen LogP contribution in [0, 0.1) is 5.92 Å². The monoisotopic (exact) mass is 375 g/mol. The van der Waals surface area contributed by atoms with Gasteiger partial charge in [0, 0.05) is 56.5 Å². The molecule has 0 radical (unpaired) electrons. The summed E-state index contributed by atoms with van der Waals surface area (Å²) in [7, 11) is 1.64. The molecule has 24 heavy (non-hydrogen) atoms. The van der Waals surface area contributed by atoms with Crippen LogP contribution in [0.3, 0.4) is 0 Å². The first-order valence-corrected chi connectivity index (χ1v) is 11.1. The number of thiol groups is 1. The summed E-state index contributed by atoms with van der Waals surface area (Å²) in [6.07, 6.45) is 2.26. The van der Waals surface area contributed by atoms with Gasteiger partial charge >= 0.3 is 0 Å². The van der Waals surface area contributed by atoms with Gasteiger partial charge in [0.25, 0.3) is 0 Å². The van der Waals surface area contributed by atoms with Gasteiger partial charge in [-0.25, -0.2) is 0 Å². The van der Waals surface area contributed by atoms with E-state index >= 15 is 0 Å². The minimum Gasteiger partial charge on any atom is -0.377 e. The number of amides is 1. The Morgan fingerprint density at radius 3 is 2.42 bits per heavy atom. The molecule has 7 heteroatoms. The summed E-state index contributed by atoms with van der Waals surface area (Å²) < 4.78 is 5.94. The minimum atomic E-state index is 0.0676. The zero-order valence-electron chi connectivity index (χ0n) is 15.2. The third kappa shape index (κ3) is 6.75. The lowest BCUT2D eigenvalue weighted by Crippen LogP contribution is -2.50. The predicted molar refractivity (Wildman–Crippen MR) is 105 cm³/mol. The molecule has 1 aliphatic heterocycles. The van der Waals surface area contributed by atoms with Gasteiger partial charge in [-0.05, 0) is 12.8 Å². The van der Waals surface area contributed by atoms with E-state index in [9.17, 15) is 4.79 Å². The first-order valence-electron chi connectivity index (χ1n) is 9.14. The number of hydrogen-bond acceptors (Lipinski definition) is 6. The van der Waals surface area contributed by atoms with Gasteiger partial charge in [0.2, 0.25) is 5.91 Å². The SMILES string of the molecule is CC(CN1CCN(CCO[C@H]2C[C@H](NC(=O)C(C)C)C2)CC1)SS. The molecule has 0 aromatic heterocycles. The highest BCUT2D eigenvalue weighted by Gasteiger charge is 2.31. The summed E-state index contributed by atoms with van der Waals surface area (Å²) >= 11 is 4.29. The highest BCUT2D eigenvalue weighted by molar-refractivity contribution is 8.68. The fraction of sp³-hybridized carbons (Fsp3) is 0.941. The summed E-state index contributed by atoms with van der Waals surface area (Å²) in [6, 6.07) is 0.320. The van der Waals surface area contributed by atoms with Crippen molar-refractivity contribution in [3.8, 4) is 0 Å². The second-order valence-electron chi connectivity index (χ2n) is 7.38. The molecule has 1 atom stereocenters. The Labute approximate surface area is 156 Å². The average molecular weight is 376 g/mol. The van der Waals surface area contributed by atoms with Crippen molar-refractivity contribution in [3.05, 3.63) is 0 Å². The van der Waals surface area contributed by atoms with Crippen molar-refractivity contribution in [1.29, 1.82) is 0 Å². The van der Waals surface area contributed by atoms with Crippen LogP contribution in [-0.2, 0) is 9.53 Å². The number of nitrogens with zero attached hydrogens (tertiary/aromatic N) is 2. The van der Waals surface area contributed by atoms with Crippen molar-refractivity contribution in [2.45, 2.75) is 51.0 Å². The third-order valence-electron chi connectivity index (χ3n) is 4.89. The molecule has 1 heterocycles. The van der Waals surface area contributed by atoms with Gasteiger partial charge in [0.15, 0.2) is 0 Å². The van der Waals surface area contributed by atoms with Crippen LogP contribution in [0.1, 0.15) is 33.6 Å². The van der Waals surface area contributed by atoms with E-state index in [1.54, 1.807) is 10.8 Å². The Bertz CT molecular complexity index is 384. The Kier molecular flexibility index (Phi) is 8.71. The van der Waals surface area contributed by atoms with Crippen LogP contribution in [0.15, 0.2) is 0 Å². The van der Waals surface area contributed by atoms with Gasteiger partial charge < -0.3 is 10.1 Å². The van der Waals surface area contributed by atoms with E-state index in [1.165, 1.54) is 0 Å². The molecule has 2 aliphatic rings. The molecule has 0 aromatic rings. The van der Waals surface area contributed by atoms with E-state index in [-0.39, 0.29) is 11.8 Å². The zero-order valence-corrected chi connectivity index (χ0v) is 17.0. The van der Waals surface area contributed by atoms with E-state index in [0.717, 1.165) is 58.7 Å². The molecule has 1 unspecified atom stereocenters. The van der Waals surface area contributed by atoms with Crippen LogP contribution < -0.4 is 5.32 Å². The molecule has 0 bridgehead atoms. The Balaban J connectivity index is 1.49. The zero-order chi connectivity index (χ0) is 17.5. The number of carbonyl (C=O) groups excluding carboxylic acids is 1. The molecule has 5 nitrogen and oxygen atoms in total. The first kappa shape index (κ1) is 20.4. The number of hydrogen-bond donors (Lipinski definition) is 2. The maximum atomic E-state index is 11.6. The van der Waals surface area contributed by atoms with Gasteiger partial charge in [-0.3, -0.25) is 14.6 Å². The largest absolute Gasteiger partial charge is 0.377 e. The van der Waals surface area contributed by atoms with Crippen LogP contribution in [0.2, 0.25) is 0 Å². The number of nitrogens with one attached hydrogen (secondary N) is 1. The van der Waals surface area contributed by atoms with Crippen LogP contribution in [0.5, 0.6) is 0 Å². The fourth-order valence-electron chi connectivity index (χ4n) is 3.13. The molecule has 1 saturated heterocycles. The standard InChI is InChI=1S/C17H33N3O2S2/c1-13(2)17(21)18-15-10-16(11-15)22-9-8-19-4-6-20(7-5-19)12-14(3)24-23/h13-16,23H,4-12H2,1-3H3,(H,18,21)/t14?,15-,16-. The van der Waals surface area contributed by atoms with Gasteiger partial charge in [0.1, 0.15) is 0 Å². The molecular formula is C17H33N3O2S2. The number of piperazine rings is 1. The normalized spacial score (nSPS) is 27.0. The van der Waals surface area contributed by atoms with E-state index in [0.29, 0.717) is 17.4 Å². The van der Waals surface area contributed by atoms with E-state index in [1.807, 2.05) is 13.8 Å². The highest BCUT2D eigenvalue weighted by atomic mass is 33.1. The molecule has 0 aromatic carbocycles. The smallest absolute Gasteiger partial charge is 0.222 e. The molecule has 2 rings (SSSR count). The highest BCUT2D eigenvalue weighted by Crippen LogP contribution is 2.23. The molecule has 1 aliphatic carbocycles. The summed E-state index contributed by atoms with van der Waals surface area (Å²) in [5.41, 5.74) is 0. The van der Waals surface area contributed by atoms with E-state index in [4.69, 9.17) is 4.74 Å². The van der Waals surface area contributed by atoms with Crippen molar-refractivity contribution in [3.63, 3.8) is 0 Å². The number of ether oxygens (including phenoxy) is 1. The number of carbonyl (C=O) groups is 1. The molecular weight excluding hydrogens is 342 g/mol. The first-order chi connectivity index (χ1) is 11.5. The Morgan fingerprint density at radius 2 is 1.83 bits per heavy atom. The maximum Gasteiger partial charge on any atom is 0.222 e. The quantitative estimate of drug-likeness (QED) is 0.476. The van der Waals surface area contributed by atoms with Gasteiger partial charge in [-0.1, -0.05) is 31.6 Å². The summed E-state index contributed by atoms with van der Waals surface area (Å²) in [4.78, 5) is 16.6. The average Bonchev–Trinajstić information content (AvgIpc) is 2.53. The van der Waals surface area contributed by atoms with Gasteiger partial charge in [-0.15, -0.1) is 11.7 Å². The molecule has 1 saturated carbocycles. The predicted octanol–water partition coefficient (Wildman–Crippen LogP) is 1.89. The van der Waals surface area contributed by atoms with Crippen LogP contribution in [0.25, 0.3) is 0 Å². The third-order valence-corrected chi connectivity index (χ3v) is 6.48. The van der Waals surface area contributed by atoms with Crippen molar-refractivity contribution >= 4 is 28.4 Å².